The smallest absolute Gasteiger partial charge is 0.197 e. The van der Waals surface area contributed by atoms with Gasteiger partial charge in [0.05, 0.1) is 37.1 Å². The summed E-state index contributed by atoms with van der Waals surface area (Å²) in [7, 11) is 3.93. The number of fused-ring (bicyclic) bond motifs is 2. The van der Waals surface area contributed by atoms with E-state index in [2.05, 4.69) is 59.9 Å². The van der Waals surface area contributed by atoms with E-state index in [0.717, 1.165) is 42.0 Å². The van der Waals surface area contributed by atoms with Crippen LogP contribution in [0, 0.1) is 5.41 Å². The number of hydrogen-bond acceptors (Lipinski definition) is 6. The highest BCUT2D eigenvalue weighted by Crippen LogP contribution is 2.42. The van der Waals surface area contributed by atoms with Crippen LogP contribution in [0.5, 0.6) is 5.75 Å². The molecule has 5 heterocycles. The first-order chi connectivity index (χ1) is 16.8. The van der Waals surface area contributed by atoms with Gasteiger partial charge in [-0.15, -0.1) is 0 Å². The van der Waals surface area contributed by atoms with Crippen LogP contribution in [0.25, 0.3) is 27.9 Å². The Balaban J connectivity index is 1.30. The van der Waals surface area contributed by atoms with Crippen molar-refractivity contribution >= 4 is 16.7 Å². The number of methoxy groups -OCH3 is 1. The Bertz CT molecular complexity index is 1380. The Hall–Kier alpha value is -2.97. The molecular formula is C27H34N6O2. The second-order valence-corrected chi connectivity index (χ2v) is 11.1. The number of aromatic nitrogens is 5. The zero-order valence-corrected chi connectivity index (χ0v) is 21.2. The second kappa shape index (κ2) is 8.31. The number of rotatable bonds is 7. The largest absolute Gasteiger partial charge is 0.493 e. The van der Waals surface area contributed by atoms with E-state index in [9.17, 15) is 0 Å². The van der Waals surface area contributed by atoms with Gasteiger partial charge in [-0.05, 0) is 44.0 Å². The molecular weight excluding hydrogens is 440 g/mol. The van der Waals surface area contributed by atoms with Crippen LogP contribution in [-0.4, -0.2) is 69.4 Å². The van der Waals surface area contributed by atoms with E-state index >= 15 is 0 Å². The lowest BCUT2D eigenvalue weighted by molar-refractivity contribution is -0.119. The van der Waals surface area contributed by atoms with Gasteiger partial charge in [0, 0.05) is 46.9 Å². The van der Waals surface area contributed by atoms with Crippen LogP contribution in [0.1, 0.15) is 56.7 Å². The molecule has 0 unspecified atom stereocenters. The lowest BCUT2D eigenvalue weighted by Gasteiger charge is -2.47. The van der Waals surface area contributed by atoms with E-state index in [1.54, 1.807) is 18.0 Å². The summed E-state index contributed by atoms with van der Waals surface area (Å²) in [6, 6.07) is 7.06. The van der Waals surface area contributed by atoms with E-state index in [1.165, 1.54) is 24.1 Å². The molecule has 35 heavy (non-hydrogen) atoms. The van der Waals surface area contributed by atoms with Crippen LogP contribution in [0.15, 0.2) is 30.7 Å². The highest BCUT2D eigenvalue weighted by atomic mass is 16.5. The first-order valence-electron chi connectivity index (χ1n) is 12.5. The molecule has 8 heteroatoms. The van der Waals surface area contributed by atoms with Crippen molar-refractivity contribution in [2.24, 2.45) is 5.41 Å². The predicted molar refractivity (Wildman–Crippen MR) is 136 cm³/mol. The molecule has 0 radical (unpaired) electrons. The van der Waals surface area contributed by atoms with Crippen LogP contribution in [0.3, 0.4) is 0 Å². The number of pyridine rings is 2. The van der Waals surface area contributed by atoms with Crippen LogP contribution in [-0.2, 0) is 4.74 Å². The molecule has 2 fully saturated rings. The predicted octanol–water partition coefficient (Wildman–Crippen LogP) is 4.62. The van der Waals surface area contributed by atoms with E-state index < -0.39 is 0 Å². The molecule has 184 valence electrons. The summed E-state index contributed by atoms with van der Waals surface area (Å²) in [4.78, 5) is 15.7. The monoisotopic (exact) mass is 474 g/mol. The van der Waals surface area contributed by atoms with Gasteiger partial charge in [0.1, 0.15) is 6.33 Å². The fourth-order valence-corrected chi connectivity index (χ4v) is 5.76. The van der Waals surface area contributed by atoms with Crippen LogP contribution < -0.4 is 4.74 Å². The van der Waals surface area contributed by atoms with Gasteiger partial charge in [0.15, 0.2) is 11.4 Å². The minimum absolute atomic E-state index is 0.310. The minimum Gasteiger partial charge on any atom is -0.493 e. The summed E-state index contributed by atoms with van der Waals surface area (Å²) in [5, 5.41) is 4.34. The quantitative estimate of drug-likeness (QED) is 0.421. The van der Waals surface area contributed by atoms with Crippen LogP contribution in [0.4, 0.5) is 0 Å². The SMILES string of the molecule is COc1cc(-c2[nH]c3ccc(C4CC(N(C)CC5(C)COC5)C4)nc3c2C(C)C)cn2ncnc12. The molecule has 8 nitrogen and oxygen atoms in total. The topological polar surface area (TPSA) is 80.6 Å². The van der Waals surface area contributed by atoms with Crippen LogP contribution in [0.2, 0.25) is 0 Å². The maximum atomic E-state index is 5.60. The van der Waals surface area contributed by atoms with Gasteiger partial charge in [-0.2, -0.15) is 5.10 Å². The van der Waals surface area contributed by atoms with Crippen molar-refractivity contribution in [3.05, 3.63) is 42.0 Å². The number of aromatic amines is 1. The third-order valence-corrected chi connectivity index (χ3v) is 7.82. The summed E-state index contributed by atoms with van der Waals surface area (Å²) in [5.74, 6) is 1.53. The van der Waals surface area contributed by atoms with Crippen molar-refractivity contribution in [2.45, 2.75) is 51.5 Å². The number of ether oxygens (including phenoxy) is 2. The highest BCUT2D eigenvalue weighted by molar-refractivity contribution is 5.89. The van der Waals surface area contributed by atoms with Crippen LogP contribution >= 0.6 is 0 Å². The third kappa shape index (κ3) is 3.79. The standard InChI is InChI=1S/C27H34N6O2/c1-16(2)23-24(18-10-22(34-5)26-28-15-29-33(26)11-18)31-21-7-6-20(30-25(21)23)17-8-19(9-17)32(4)12-27(3)13-35-14-27/h6-7,10-11,15-17,19,31H,8-9,12-14H2,1-5H3. The summed E-state index contributed by atoms with van der Waals surface area (Å²) >= 11 is 0. The van der Waals surface area contributed by atoms with E-state index in [0.29, 0.717) is 34.7 Å². The van der Waals surface area contributed by atoms with Crippen molar-refractivity contribution < 1.29 is 9.47 Å². The normalized spacial score (nSPS) is 21.6. The van der Waals surface area contributed by atoms with Gasteiger partial charge >= 0.3 is 0 Å². The Kier molecular flexibility index (Phi) is 5.34. The molecule has 0 spiro atoms. The molecule has 1 aliphatic heterocycles. The second-order valence-electron chi connectivity index (χ2n) is 11.1. The van der Waals surface area contributed by atoms with Gasteiger partial charge < -0.3 is 19.4 Å². The first kappa shape index (κ1) is 22.5. The van der Waals surface area contributed by atoms with Crippen molar-refractivity contribution in [1.29, 1.82) is 0 Å². The third-order valence-electron chi connectivity index (χ3n) is 7.82. The van der Waals surface area contributed by atoms with Gasteiger partial charge in [0.2, 0.25) is 0 Å². The molecule has 0 atom stereocenters. The molecule has 1 saturated heterocycles. The molecule has 2 aliphatic rings. The molecule has 0 bridgehead atoms. The molecule has 1 N–H and O–H groups in total. The average Bonchev–Trinajstić information content (AvgIpc) is 3.40. The lowest BCUT2D eigenvalue weighted by Crippen LogP contribution is -2.52. The maximum Gasteiger partial charge on any atom is 0.197 e. The summed E-state index contributed by atoms with van der Waals surface area (Å²) in [6.45, 7) is 9.65. The molecule has 1 aliphatic carbocycles. The minimum atomic E-state index is 0.310. The van der Waals surface area contributed by atoms with Crippen molar-refractivity contribution in [1.82, 2.24) is 29.5 Å². The average molecular weight is 475 g/mol. The lowest BCUT2D eigenvalue weighted by atomic mass is 9.76. The van der Waals surface area contributed by atoms with E-state index in [-0.39, 0.29) is 0 Å². The molecule has 4 aromatic heterocycles. The van der Waals surface area contributed by atoms with Crippen molar-refractivity contribution in [3.8, 4) is 17.0 Å². The van der Waals surface area contributed by atoms with E-state index in [4.69, 9.17) is 14.5 Å². The fraction of sp³-hybridized carbons (Fsp3) is 0.519. The molecule has 1 saturated carbocycles. The van der Waals surface area contributed by atoms with Gasteiger partial charge in [-0.25, -0.2) is 9.50 Å². The number of nitrogens with zero attached hydrogens (tertiary/aromatic N) is 5. The summed E-state index contributed by atoms with van der Waals surface area (Å²) in [5.41, 5.74) is 7.69. The van der Waals surface area contributed by atoms with Gasteiger partial charge in [0.25, 0.3) is 0 Å². The molecule has 4 aromatic rings. The Morgan fingerprint density at radius 3 is 2.77 bits per heavy atom. The Morgan fingerprint density at radius 1 is 1.29 bits per heavy atom. The Labute approximate surface area is 205 Å². The van der Waals surface area contributed by atoms with Crippen molar-refractivity contribution in [2.75, 3.05) is 33.9 Å². The number of hydrogen-bond donors (Lipinski definition) is 1. The molecule has 0 aromatic carbocycles. The zero-order valence-electron chi connectivity index (χ0n) is 21.2. The van der Waals surface area contributed by atoms with Gasteiger partial charge in [-0.3, -0.25) is 4.98 Å². The Morgan fingerprint density at radius 2 is 2.09 bits per heavy atom. The number of H-pyrrole nitrogens is 1. The van der Waals surface area contributed by atoms with Gasteiger partial charge in [-0.1, -0.05) is 20.8 Å². The summed E-state index contributed by atoms with van der Waals surface area (Å²) in [6.07, 6.45) is 5.89. The zero-order chi connectivity index (χ0) is 24.3. The van der Waals surface area contributed by atoms with Crippen molar-refractivity contribution in [3.63, 3.8) is 0 Å². The van der Waals surface area contributed by atoms with E-state index in [1.807, 2.05) is 12.3 Å². The number of nitrogens with one attached hydrogen (secondary N) is 1. The molecule has 6 rings (SSSR count). The molecule has 0 amide bonds. The highest BCUT2D eigenvalue weighted by Gasteiger charge is 2.40. The maximum absolute atomic E-state index is 5.60. The summed E-state index contributed by atoms with van der Waals surface area (Å²) < 4.78 is 12.8. The fourth-order valence-electron chi connectivity index (χ4n) is 5.76. The first-order valence-corrected chi connectivity index (χ1v) is 12.5.